The van der Waals surface area contributed by atoms with Gasteiger partial charge >= 0.3 is 0 Å². The van der Waals surface area contributed by atoms with Crippen molar-refractivity contribution in [1.82, 2.24) is 4.31 Å². The molecule has 0 radical (unpaired) electrons. The van der Waals surface area contributed by atoms with E-state index in [1.807, 2.05) is 6.92 Å². The second kappa shape index (κ2) is 6.94. The van der Waals surface area contributed by atoms with E-state index in [1.165, 1.54) is 37.8 Å². The van der Waals surface area contributed by atoms with Crippen LogP contribution in [0.25, 0.3) is 0 Å². The van der Waals surface area contributed by atoms with Gasteiger partial charge < -0.3 is 19.9 Å². The van der Waals surface area contributed by atoms with Crippen LogP contribution in [-0.4, -0.2) is 53.2 Å². The van der Waals surface area contributed by atoms with Gasteiger partial charge in [0.05, 0.1) is 21.3 Å². The molecule has 0 aliphatic carbocycles. The Hall–Kier alpha value is -1.51. The fraction of sp³-hybridized carbons (Fsp3) is 0.600. The summed E-state index contributed by atoms with van der Waals surface area (Å²) in [5.41, 5.74) is 5.70. The number of nitrogens with zero attached hydrogens (tertiary/aromatic N) is 1. The van der Waals surface area contributed by atoms with Crippen LogP contribution in [0.15, 0.2) is 17.0 Å². The molecule has 2 N–H and O–H groups in total. The monoisotopic (exact) mass is 344 g/mol. The van der Waals surface area contributed by atoms with Crippen LogP contribution < -0.4 is 19.9 Å². The van der Waals surface area contributed by atoms with E-state index in [0.29, 0.717) is 18.8 Å². The molecule has 0 amide bonds. The molecule has 0 saturated carbocycles. The number of hydrogen-bond donors (Lipinski definition) is 1. The number of ether oxygens (including phenoxy) is 3. The van der Waals surface area contributed by atoms with Gasteiger partial charge in [0.2, 0.25) is 0 Å². The van der Waals surface area contributed by atoms with Gasteiger partial charge in [-0.05, 0) is 25.8 Å². The van der Waals surface area contributed by atoms with Crippen LogP contribution in [-0.2, 0) is 10.0 Å². The van der Waals surface area contributed by atoms with Gasteiger partial charge in [-0.2, -0.15) is 4.31 Å². The topological polar surface area (TPSA) is 91.1 Å². The standard InChI is InChI=1S/C15H24N2O5S/c1-10-5-11(8-16)9-17(10)23(18,19)15-13(21-3)6-12(20-2)7-14(15)22-4/h6-7,10-11H,5,8-9,16H2,1-4H3. The van der Waals surface area contributed by atoms with Crippen LogP contribution in [0.5, 0.6) is 17.2 Å². The van der Waals surface area contributed by atoms with Crippen molar-refractivity contribution in [3.05, 3.63) is 12.1 Å². The predicted octanol–water partition coefficient (Wildman–Crippen LogP) is 1.07. The Bertz CT molecular complexity index is 637. The molecule has 0 aromatic heterocycles. The lowest BCUT2D eigenvalue weighted by Crippen LogP contribution is -2.35. The first kappa shape index (κ1) is 17.8. The highest BCUT2D eigenvalue weighted by Crippen LogP contribution is 2.41. The Morgan fingerprint density at radius 2 is 1.74 bits per heavy atom. The summed E-state index contributed by atoms with van der Waals surface area (Å²) >= 11 is 0. The van der Waals surface area contributed by atoms with Crippen molar-refractivity contribution < 1.29 is 22.6 Å². The van der Waals surface area contributed by atoms with Gasteiger partial charge in [0.1, 0.15) is 17.2 Å². The molecule has 1 fully saturated rings. The minimum absolute atomic E-state index is 0.0211. The van der Waals surface area contributed by atoms with Gasteiger partial charge in [-0.1, -0.05) is 0 Å². The lowest BCUT2D eigenvalue weighted by atomic mass is 10.1. The summed E-state index contributed by atoms with van der Waals surface area (Å²) in [5.74, 6) is 1.02. The molecular weight excluding hydrogens is 320 g/mol. The molecule has 8 heteroatoms. The highest BCUT2D eigenvalue weighted by molar-refractivity contribution is 7.89. The Morgan fingerprint density at radius 1 is 1.17 bits per heavy atom. The van der Waals surface area contributed by atoms with E-state index < -0.39 is 10.0 Å². The second-order valence-corrected chi connectivity index (χ2v) is 7.45. The molecule has 1 heterocycles. The van der Waals surface area contributed by atoms with Crippen molar-refractivity contribution in [2.75, 3.05) is 34.4 Å². The summed E-state index contributed by atoms with van der Waals surface area (Å²) < 4.78 is 43.5. The molecule has 1 aliphatic heterocycles. The molecule has 1 aromatic carbocycles. The first-order valence-electron chi connectivity index (χ1n) is 7.40. The number of sulfonamides is 1. The molecule has 2 unspecified atom stereocenters. The first-order chi connectivity index (χ1) is 10.9. The smallest absolute Gasteiger partial charge is 0.250 e. The zero-order chi connectivity index (χ0) is 17.2. The molecule has 7 nitrogen and oxygen atoms in total. The number of hydrogen-bond acceptors (Lipinski definition) is 6. The largest absolute Gasteiger partial charge is 0.496 e. The average molecular weight is 344 g/mol. The van der Waals surface area contributed by atoms with Gasteiger partial charge in [-0.25, -0.2) is 8.42 Å². The zero-order valence-corrected chi connectivity index (χ0v) is 14.7. The van der Waals surface area contributed by atoms with Crippen molar-refractivity contribution in [3.8, 4) is 17.2 Å². The van der Waals surface area contributed by atoms with Crippen LogP contribution in [0.2, 0.25) is 0 Å². The fourth-order valence-electron chi connectivity index (χ4n) is 2.96. The average Bonchev–Trinajstić information content (AvgIpc) is 2.95. The van der Waals surface area contributed by atoms with E-state index in [-0.39, 0.29) is 28.4 Å². The molecule has 2 rings (SSSR count). The Balaban J connectivity index is 2.55. The third-order valence-corrected chi connectivity index (χ3v) is 6.22. The van der Waals surface area contributed by atoms with Crippen LogP contribution >= 0.6 is 0 Å². The van der Waals surface area contributed by atoms with Crippen molar-refractivity contribution >= 4 is 10.0 Å². The molecule has 130 valence electrons. The molecule has 1 saturated heterocycles. The Kier molecular flexibility index (Phi) is 5.38. The summed E-state index contributed by atoms with van der Waals surface area (Å²) in [5, 5.41) is 0. The van der Waals surface area contributed by atoms with Crippen molar-refractivity contribution in [2.45, 2.75) is 24.3 Å². The molecular formula is C15H24N2O5S. The maximum Gasteiger partial charge on any atom is 0.250 e. The molecule has 1 aliphatic rings. The third kappa shape index (κ3) is 3.24. The number of nitrogens with two attached hydrogens (primary N) is 1. The van der Waals surface area contributed by atoms with Gasteiger partial charge in [-0.15, -0.1) is 0 Å². The van der Waals surface area contributed by atoms with Gasteiger partial charge in [0, 0.05) is 24.7 Å². The quantitative estimate of drug-likeness (QED) is 0.830. The molecule has 23 heavy (non-hydrogen) atoms. The van der Waals surface area contributed by atoms with Crippen molar-refractivity contribution in [3.63, 3.8) is 0 Å². The number of rotatable bonds is 6. The van der Waals surface area contributed by atoms with E-state index in [0.717, 1.165) is 6.42 Å². The Morgan fingerprint density at radius 3 is 2.13 bits per heavy atom. The summed E-state index contributed by atoms with van der Waals surface area (Å²) in [7, 11) is 0.568. The molecule has 0 bridgehead atoms. The normalized spacial score (nSPS) is 22.1. The maximum atomic E-state index is 13.1. The molecule has 0 spiro atoms. The lowest BCUT2D eigenvalue weighted by molar-refractivity contribution is 0.350. The van der Waals surface area contributed by atoms with Crippen molar-refractivity contribution in [1.29, 1.82) is 0 Å². The summed E-state index contributed by atoms with van der Waals surface area (Å²) in [6, 6.07) is 2.96. The minimum atomic E-state index is -3.77. The van der Waals surface area contributed by atoms with Gasteiger partial charge in [0.15, 0.2) is 4.90 Å². The second-order valence-electron chi connectivity index (χ2n) is 5.62. The summed E-state index contributed by atoms with van der Waals surface area (Å²) in [6.07, 6.45) is 0.747. The van der Waals surface area contributed by atoms with Gasteiger partial charge in [0.25, 0.3) is 10.0 Å². The lowest BCUT2D eigenvalue weighted by Gasteiger charge is -2.24. The van der Waals surface area contributed by atoms with Crippen LogP contribution in [0.1, 0.15) is 13.3 Å². The fourth-order valence-corrected chi connectivity index (χ4v) is 4.95. The predicted molar refractivity (Wildman–Crippen MR) is 86.6 cm³/mol. The number of benzene rings is 1. The summed E-state index contributed by atoms with van der Waals surface area (Å²) in [4.78, 5) is 0.0211. The van der Waals surface area contributed by atoms with Crippen LogP contribution in [0.4, 0.5) is 0 Å². The van der Waals surface area contributed by atoms with E-state index in [1.54, 1.807) is 0 Å². The highest BCUT2D eigenvalue weighted by atomic mass is 32.2. The van der Waals surface area contributed by atoms with Crippen LogP contribution in [0, 0.1) is 5.92 Å². The Labute approximate surface area is 137 Å². The van der Waals surface area contributed by atoms with E-state index >= 15 is 0 Å². The maximum absolute atomic E-state index is 13.1. The van der Waals surface area contributed by atoms with E-state index in [2.05, 4.69) is 0 Å². The van der Waals surface area contributed by atoms with Gasteiger partial charge in [-0.3, -0.25) is 0 Å². The highest BCUT2D eigenvalue weighted by Gasteiger charge is 2.40. The third-order valence-electron chi connectivity index (χ3n) is 4.17. The summed E-state index contributed by atoms with van der Waals surface area (Å²) in [6.45, 7) is 2.75. The molecule has 2 atom stereocenters. The number of methoxy groups -OCH3 is 3. The first-order valence-corrected chi connectivity index (χ1v) is 8.84. The van der Waals surface area contributed by atoms with E-state index in [4.69, 9.17) is 19.9 Å². The van der Waals surface area contributed by atoms with E-state index in [9.17, 15) is 8.42 Å². The minimum Gasteiger partial charge on any atom is -0.496 e. The zero-order valence-electron chi connectivity index (χ0n) is 13.9. The van der Waals surface area contributed by atoms with Crippen LogP contribution in [0.3, 0.4) is 0 Å². The van der Waals surface area contributed by atoms with Crippen molar-refractivity contribution in [2.24, 2.45) is 11.7 Å². The molecule has 1 aromatic rings. The SMILES string of the molecule is COc1cc(OC)c(S(=O)(=O)N2CC(CN)CC2C)c(OC)c1.